The van der Waals surface area contributed by atoms with Crippen LogP contribution in [-0.4, -0.2) is 82.0 Å². The number of carbonyl (C=O) groups is 2. The maximum Gasteiger partial charge on any atom is 0.338 e. The molecule has 1 spiro atoms. The average Bonchev–Trinajstić information content (AvgIpc) is 3.68. The Morgan fingerprint density at radius 2 is 1.84 bits per heavy atom. The molecule has 4 aliphatic heterocycles. The van der Waals surface area contributed by atoms with E-state index in [0.717, 1.165) is 25.7 Å². The highest BCUT2D eigenvalue weighted by molar-refractivity contribution is 6.05. The van der Waals surface area contributed by atoms with Gasteiger partial charge in [-0.15, -0.1) is 0 Å². The molecule has 0 radical (unpaired) electrons. The molecule has 6 fully saturated rings. The lowest BCUT2D eigenvalue weighted by molar-refractivity contribution is -0.409. The van der Waals surface area contributed by atoms with Crippen molar-refractivity contribution < 1.29 is 47.9 Å². The SMILES string of the molecule is C=C(C)[C@@]12O[C@@]3(/C=C/C=C/CCCCC)O[C@@H]1[C@@H]1[C@@H]4O[C@@]45COC(C)(C)OC5[C@]4(O)C(=O)C(C)=C[C@H]4[C@@]1(O3)[C@H](C)[C@H]2OC(=O)c1ccccc1. The second-order valence-electron chi connectivity index (χ2n) is 15.7. The zero-order valence-electron chi connectivity index (χ0n) is 29.7. The second-order valence-corrected chi connectivity index (χ2v) is 15.7. The number of rotatable bonds is 9. The third kappa shape index (κ3) is 4.39. The van der Waals surface area contributed by atoms with Crippen molar-refractivity contribution in [2.75, 3.05) is 6.61 Å². The largest absolute Gasteiger partial charge is 0.455 e. The summed E-state index contributed by atoms with van der Waals surface area (Å²) < 4.78 is 47.0. The Labute approximate surface area is 293 Å². The first kappa shape index (κ1) is 34.1. The molecule has 1 aromatic carbocycles. The standard InChI is InChI=1S/C40H48O10/c1-8-9-10-11-12-13-17-20-37-47-32-28-31-36(46-31)22-44-35(6,7)48-34(36)38(43)27(21-24(4)29(38)41)40(28,50-37)25(5)30(39(32,49-37)23(2)3)45-33(42)26-18-15-14-16-19-26/h12-21,25,27-28,30-32,34,43H,2,8-11,22H2,1,3-7H3/b13-12+,20-17+/t25-,27-,28+,30-,31+,32-,34?,36+,37-,38-,39+,40+/m1/s1. The lowest BCUT2D eigenvalue weighted by Crippen LogP contribution is -2.76. The first-order valence-electron chi connectivity index (χ1n) is 18.0. The van der Waals surface area contributed by atoms with Crippen LogP contribution in [0.2, 0.25) is 0 Å². The summed E-state index contributed by atoms with van der Waals surface area (Å²) >= 11 is 0. The number of hydrogen-bond donors (Lipinski definition) is 1. The predicted molar refractivity (Wildman–Crippen MR) is 180 cm³/mol. The number of unbranched alkanes of at least 4 members (excludes halogenated alkanes) is 3. The number of allylic oxidation sites excluding steroid dienone is 3. The van der Waals surface area contributed by atoms with Crippen LogP contribution in [0.4, 0.5) is 0 Å². The monoisotopic (exact) mass is 688 g/mol. The van der Waals surface area contributed by atoms with Crippen molar-refractivity contribution >= 4 is 11.8 Å². The van der Waals surface area contributed by atoms with Gasteiger partial charge in [0.05, 0.1) is 17.8 Å². The van der Waals surface area contributed by atoms with Crippen molar-refractivity contribution in [3.05, 3.63) is 84.0 Å². The molecule has 3 bridgehead atoms. The zero-order chi connectivity index (χ0) is 35.5. The highest BCUT2D eigenvalue weighted by atomic mass is 16.9. The van der Waals surface area contributed by atoms with Gasteiger partial charge in [0.1, 0.15) is 30.0 Å². The number of ether oxygens (including phenoxy) is 7. The normalized spacial score (nSPS) is 46.2. The van der Waals surface area contributed by atoms with E-state index in [1.165, 1.54) is 0 Å². The Balaban J connectivity index is 1.31. The number of Topliss-reactive ketones (excluding diaryl/α,β-unsaturated/α-hetero) is 1. The van der Waals surface area contributed by atoms with Crippen LogP contribution in [0.1, 0.15) is 77.6 Å². The predicted octanol–water partition coefficient (Wildman–Crippen LogP) is 5.50. The topological polar surface area (TPSA) is 122 Å². The van der Waals surface area contributed by atoms with Gasteiger partial charge in [0.2, 0.25) is 0 Å². The Kier molecular flexibility index (Phi) is 7.69. The van der Waals surface area contributed by atoms with Gasteiger partial charge in [-0.3, -0.25) is 4.79 Å². The summed E-state index contributed by atoms with van der Waals surface area (Å²) in [6.07, 6.45) is 10.2. The number of benzene rings is 1. The number of ketones is 1. The molecule has 268 valence electrons. The number of hydrogen-bond acceptors (Lipinski definition) is 10. The summed E-state index contributed by atoms with van der Waals surface area (Å²) in [5.41, 5.74) is -4.71. The summed E-state index contributed by atoms with van der Waals surface area (Å²) in [6, 6.07) is 8.76. The van der Waals surface area contributed by atoms with Gasteiger partial charge in [0, 0.05) is 23.8 Å². The van der Waals surface area contributed by atoms with Crippen LogP contribution in [-0.2, 0) is 38.0 Å². The summed E-state index contributed by atoms with van der Waals surface area (Å²) in [5.74, 6) is -6.09. The molecule has 4 saturated heterocycles. The van der Waals surface area contributed by atoms with Crippen LogP contribution >= 0.6 is 0 Å². The van der Waals surface area contributed by atoms with Gasteiger partial charge in [-0.2, -0.15) is 0 Å². The van der Waals surface area contributed by atoms with E-state index in [-0.39, 0.29) is 6.61 Å². The fourth-order valence-electron chi connectivity index (χ4n) is 9.99. The maximum absolute atomic E-state index is 14.4. The minimum absolute atomic E-state index is 0.0889. The summed E-state index contributed by atoms with van der Waals surface area (Å²) in [4.78, 5) is 28.3. The van der Waals surface area contributed by atoms with Gasteiger partial charge >= 0.3 is 11.9 Å². The van der Waals surface area contributed by atoms with Gasteiger partial charge in [-0.25, -0.2) is 4.79 Å². The Morgan fingerprint density at radius 3 is 2.56 bits per heavy atom. The van der Waals surface area contributed by atoms with E-state index in [1.54, 1.807) is 57.2 Å². The van der Waals surface area contributed by atoms with Gasteiger partial charge in [0.25, 0.3) is 0 Å². The molecule has 10 nitrogen and oxygen atoms in total. The van der Waals surface area contributed by atoms with E-state index in [9.17, 15) is 14.7 Å². The molecule has 1 N–H and O–H groups in total. The highest BCUT2D eigenvalue weighted by Gasteiger charge is 2.91. The molecule has 0 aromatic heterocycles. The number of carbonyl (C=O) groups excluding carboxylic acids is 2. The van der Waals surface area contributed by atoms with Crippen molar-refractivity contribution in [2.45, 2.75) is 126 Å². The van der Waals surface area contributed by atoms with Crippen molar-refractivity contribution in [2.24, 2.45) is 17.8 Å². The summed E-state index contributed by atoms with van der Waals surface area (Å²) in [6.45, 7) is 15.7. The van der Waals surface area contributed by atoms with Crippen LogP contribution in [0.15, 0.2) is 78.4 Å². The van der Waals surface area contributed by atoms with Crippen molar-refractivity contribution in [3.8, 4) is 0 Å². The number of aliphatic hydroxyl groups is 1. The molecule has 3 aliphatic carbocycles. The smallest absolute Gasteiger partial charge is 0.338 e. The van der Waals surface area contributed by atoms with E-state index in [4.69, 9.17) is 33.2 Å². The highest BCUT2D eigenvalue weighted by Crippen LogP contribution is 2.74. The molecule has 8 rings (SSSR count). The van der Waals surface area contributed by atoms with Gasteiger partial charge in [-0.05, 0) is 63.8 Å². The van der Waals surface area contributed by atoms with E-state index >= 15 is 0 Å². The molecule has 1 aromatic rings. The summed E-state index contributed by atoms with van der Waals surface area (Å²) in [5, 5.41) is 13.1. The zero-order valence-corrected chi connectivity index (χ0v) is 29.7. The van der Waals surface area contributed by atoms with E-state index in [2.05, 4.69) is 19.6 Å². The fraction of sp³-hybridized carbons (Fsp3) is 0.600. The fourth-order valence-corrected chi connectivity index (χ4v) is 9.99. The van der Waals surface area contributed by atoms with Crippen LogP contribution in [0.25, 0.3) is 0 Å². The molecule has 7 aliphatic rings. The molecule has 12 atom stereocenters. The van der Waals surface area contributed by atoms with Gasteiger partial charge in [-0.1, -0.05) is 75.8 Å². The molecule has 4 heterocycles. The number of fused-ring (bicyclic) bond motifs is 3. The molecule has 2 saturated carbocycles. The lowest BCUT2D eigenvalue weighted by Gasteiger charge is -2.61. The molecule has 50 heavy (non-hydrogen) atoms. The van der Waals surface area contributed by atoms with Crippen LogP contribution < -0.4 is 0 Å². The van der Waals surface area contributed by atoms with Crippen LogP contribution in [0, 0.1) is 17.8 Å². The average molecular weight is 689 g/mol. The van der Waals surface area contributed by atoms with Crippen LogP contribution in [0.3, 0.4) is 0 Å². The van der Waals surface area contributed by atoms with Gasteiger partial charge < -0.3 is 38.3 Å². The van der Waals surface area contributed by atoms with Crippen LogP contribution in [0.5, 0.6) is 0 Å². The maximum atomic E-state index is 14.4. The quantitative estimate of drug-likeness (QED) is 0.117. The number of esters is 1. The number of epoxide rings is 1. The minimum atomic E-state index is -2.10. The van der Waals surface area contributed by atoms with Crippen molar-refractivity contribution in [3.63, 3.8) is 0 Å². The van der Waals surface area contributed by atoms with E-state index in [0.29, 0.717) is 16.7 Å². The van der Waals surface area contributed by atoms with E-state index < -0.39 is 88.1 Å². The third-order valence-electron chi connectivity index (χ3n) is 12.3. The molecule has 1 unspecified atom stereocenters. The Morgan fingerprint density at radius 1 is 1.08 bits per heavy atom. The molecular formula is C40H48O10. The third-order valence-corrected chi connectivity index (χ3v) is 12.3. The second kappa shape index (κ2) is 11.3. The van der Waals surface area contributed by atoms with Crippen molar-refractivity contribution in [1.82, 2.24) is 0 Å². The lowest BCUT2D eigenvalue weighted by atomic mass is 9.53. The molecule has 10 heteroatoms. The first-order valence-corrected chi connectivity index (χ1v) is 18.0. The summed E-state index contributed by atoms with van der Waals surface area (Å²) in [7, 11) is 0. The van der Waals surface area contributed by atoms with Gasteiger partial charge in [0.15, 0.2) is 22.8 Å². The van der Waals surface area contributed by atoms with Crippen molar-refractivity contribution in [1.29, 1.82) is 0 Å². The molecular weight excluding hydrogens is 640 g/mol. The first-order chi connectivity index (χ1) is 23.7. The minimum Gasteiger partial charge on any atom is -0.455 e. The Bertz CT molecular complexity index is 1700. The van der Waals surface area contributed by atoms with E-state index in [1.807, 2.05) is 32.1 Å². The molecule has 0 amide bonds. The Hall–Kier alpha value is -2.96.